The maximum Gasteiger partial charge on any atom is 0.185 e. The van der Waals surface area contributed by atoms with Gasteiger partial charge in [0.1, 0.15) is 5.15 Å². The predicted molar refractivity (Wildman–Crippen MR) is 108 cm³/mol. The Balaban J connectivity index is 1.47. The van der Waals surface area contributed by atoms with Crippen LogP contribution in [0.25, 0.3) is 10.9 Å². The van der Waals surface area contributed by atoms with E-state index >= 15 is 0 Å². The van der Waals surface area contributed by atoms with Crippen LogP contribution in [0.5, 0.6) is 0 Å². The van der Waals surface area contributed by atoms with Crippen molar-refractivity contribution in [3.05, 3.63) is 46.6 Å². The van der Waals surface area contributed by atoms with Gasteiger partial charge in [0, 0.05) is 60.1 Å². The summed E-state index contributed by atoms with van der Waals surface area (Å²) >= 11 is 9.89. The van der Waals surface area contributed by atoms with E-state index in [1.807, 2.05) is 11.6 Å². The van der Waals surface area contributed by atoms with Crippen LogP contribution in [0.15, 0.2) is 40.7 Å². The number of halogens is 1. The number of hydrogen-bond acceptors (Lipinski definition) is 6. The van der Waals surface area contributed by atoms with Crippen LogP contribution >= 0.6 is 34.7 Å². The Labute approximate surface area is 160 Å². The molecular formula is C18H19ClN4S2. The van der Waals surface area contributed by atoms with Crippen molar-refractivity contribution in [2.24, 2.45) is 0 Å². The fourth-order valence-electron chi connectivity index (χ4n) is 3.12. The van der Waals surface area contributed by atoms with Gasteiger partial charge in [-0.15, -0.1) is 23.1 Å². The van der Waals surface area contributed by atoms with E-state index in [-0.39, 0.29) is 0 Å². The largest absolute Gasteiger partial charge is 0.346 e. The molecule has 1 aromatic carbocycles. The molecule has 1 aliphatic rings. The lowest BCUT2D eigenvalue weighted by molar-refractivity contribution is 0.249. The number of fused-ring (bicyclic) bond motifs is 1. The fourth-order valence-corrected chi connectivity index (χ4v) is 4.45. The normalized spacial score (nSPS) is 15.8. The van der Waals surface area contributed by atoms with Gasteiger partial charge >= 0.3 is 0 Å². The second kappa shape index (κ2) is 7.50. The minimum absolute atomic E-state index is 0.619. The molecule has 3 heterocycles. The third-order valence-corrected chi connectivity index (χ3v) is 6.39. The molecule has 4 nitrogen and oxygen atoms in total. The van der Waals surface area contributed by atoms with Crippen molar-refractivity contribution in [1.82, 2.24) is 14.9 Å². The average molecular weight is 391 g/mol. The van der Waals surface area contributed by atoms with Gasteiger partial charge in [-0.05, 0) is 24.5 Å². The van der Waals surface area contributed by atoms with Gasteiger partial charge in [-0.3, -0.25) is 4.90 Å². The van der Waals surface area contributed by atoms with Gasteiger partial charge in [-0.25, -0.2) is 9.97 Å². The van der Waals surface area contributed by atoms with Crippen LogP contribution in [0.1, 0.15) is 5.56 Å². The summed E-state index contributed by atoms with van der Waals surface area (Å²) in [6.07, 6.45) is 3.94. The molecule has 3 aromatic rings. The molecule has 0 saturated carbocycles. The molecule has 0 atom stereocenters. The van der Waals surface area contributed by atoms with Gasteiger partial charge in [0.2, 0.25) is 0 Å². The highest BCUT2D eigenvalue weighted by atomic mass is 35.5. The van der Waals surface area contributed by atoms with Crippen LogP contribution in [-0.4, -0.2) is 47.3 Å². The number of benzene rings is 1. The Bertz CT molecular complexity index is 861. The molecule has 1 aliphatic heterocycles. The molecule has 1 saturated heterocycles. The molecule has 0 N–H and O–H groups in total. The summed E-state index contributed by atoms with van der Waals surface area (Å²) < 4.78 is 0. The summed E-state index contributed by atoms with van der Waals surface area (Å²) in [5.74, 6) is 0. The quantitative estimate of drug-likeness (QED) is 0.487. The van der Waals surface area contributed by atoms with Gasteiger partial charge < -0.3 is 4.90 Å². The highest BCUT2D eigenvalue weighted by Crippen LogP contribution is 2.26. The molecule has 25 heavy (non-hydrogen) atoms. The zero-order valence-electron chi connectivity index (χ0n) is 14.0. The van der Waals surface area contributed by atoms with Gasteiger partial charge in [-0.2, -0.15) is 0 Å². The molecule has 0 aliphatic carbocycles. The lowest BCUT2D eigenvalue weighted by Gasteiger charge is -2.34. The van der Waals surface area contributed by atoms with Crippen molar-refractivity contribution in [1.29, 1.82) is 0 Å². The first kappa shape index (κ1) is 17.1. The number of hydrogen-bond donors (Lipinski definition) is 0. The highest BCUT2D eigenvalue weighted by molar-refractivity contribution is 7.98. The van der Waals surface area contributed by atoms with Crippen LogP contribution in [0.3, 0.4) is 0 Å². The minimum atomic E-state index is 0.619. The van der Waals surface area contributed by atoms with Crippen LogP contribution < -0.4 is 4.90 Å². The summed E-state index contributed by atoms with van der Waals surface area (Å²) in [5, 5.41) is 4.92. The standard InChI is InChI=1S/C18H19ClN4S2/c1-24-15-3-2-13-10-14(17(19)21-16(13)11-15)12-22-5-7-23(8-6-22)18-20-4-9-25-18/h2-4,9-11H,5-8,12H2,1H3. The van der Waals surface area contributed by atoms with Gasteiger partial charge in [0.25, 0.3) is 0 Å². The van der Waals surface area contributed by atoms with Crippen LogP contribution in [-0.2, 0) is 6.54 Å². The maximum absolute atomic E-state index is 6.46. The van der Waals surface area contributed by atoms with Crippen molar-refractivity contribution < 1.29 is 0 Å². The van der Waals surface area contributed by atoms with E-state index in [1.54, 1.807) is 23.1 Å². The molecule has 0 radical (unpaired) electrons. The summed E-state index contributed by atoms with van der Waals surface area (Å²) in [7, 11) is 0. The van der Waals surface area contributed by atoms with Crippen molar-refractivity contribution in [2.75, 3.05) is 37.3 Å². The molecule has 7 heteroatoms. The number of thiazole rings is 1. The Kier molecular flexibility index (Phi) is 5.12. The average Bonchev–Trinajstić information content (AvgIpc) is 3.17. The molecule has 0 unspecified atom stereocenters. The third kappa shape index (κ3) is 3.77. The van der Waals surface area contributed by atoms with Gasteiger partial charge in [-0.1, -0.05) is 17.7 Å². The highest BCUT2D eigenvalue weighted by Gasteiger charge is 2.19. The van der Waals surface area contributed by atoms with E-state index in [0.29, 0.717) is 5.15 Å². The second-order valence-corrected chi connectivity index (χ2v) is 8.19. The topological polar surface area (TPSA) is 32.3 Å². The van der Waals surface area contributed by atoms with E-state index in [2.05, 4.69) is 50.3 Å². The first-order valence-electron chi connectivity index (χ1n) is 8.23. The van der Waals surface area contributed by atoms with Crippen LogP contribution in [0.4, 0.5) is 5.13 Å². The lowest BCUT2D eigenvalue weighted by atomic mass is 10.1. The monoisotopic (exact) mass is 390 g/mol. The lowest BCUT2D eigenvalue weighted by Crippen LogP contribution is -2.46. The summed E-state index contributed by atoms with van der Waals surface area (Å²) in [6.45, 7) is 4.88. The van der Waals surface area contributed by atoms with E-state index in [0.717, 1.165) is 54.3 Å². The van der Waals surface area contributed by atoms with Crippen molar-refractivity contribution in [3.63, 3.8) is 0 Å². The number of piperazine rings is 1. The second-order valence-electron chi connectivity index (χ2n) is 6.07. The van der Waals surface area contributed by atoms with E-state index < -0.39 is 0 Å². The Morgan fingerprint density at radius 1 is 1.20 bits per heavy atom. The summed E-state index contributed by atoms with van der Waals surface area (Å²) in [4.78, 5) is 15.0. The Morgan fingerprint density at radius 3 is 2.76 bits per heavy atom. The number of aromatic nitrogens is 2. The molecular weight excluding hydrogens is 372 g/mol. The van der Waals surface area contributed by atoms with Crippen LogP contribution in [0, 0.1) is 0 Å². The van der Waals surface area contributed by atoms with Gasteiger partial charge in [0.05, 0.1) is 5.52 Å². The van der Waals surface area contributed by atoms with Crippen molar-refractivity contribution in [3.8, 4) is 0 Å². The van der Waals surface area contributed by atoms with E-state index in [9.17, 15) is 0 Å². The zero-order valence-corrected chi connectivity index (χ0v) is 16.4. The SMILES string of the molecule is CSc1ccc2cc(CN3CCN(c4nccs4)CC3)c(Cl)nc2c1. The predicted octanol–water partition coefficient (Wildman–Crippen LogP) is 4.39. The smallest absolute Gasteiger partial charge is 0.185 e. The first-order chi connectivity index (χ1) is 12.2. The zero-order chi connectivity index (χ0) is 17.2. The maximum atomic E-state index is 6.46. The van der Waals surface area contributed by atoms with E-state index in [1.165, 1.54) is 4.90 Å². The number of thioether (sulfide) groups is 1. The molecule has 2 aromatic heterocycles. The number of nitrogens with zero attached hydrogens (tertiary/aromatic N) is 4. The molecule has 1 fully saturated rings. The molecule has 0 spiro atoms. The molecule has 130 valence electrons. The Hall–Kier alpha value is -1.34. The number of anilines is 1. The van der Waals surface area contributed by atoms with Gasteiger partial charge in [0.15, 0.2) is 5.13 Å². The minimum Gasteiger partial charge on any atom is -0.346 e. The Morgan fingerprint density at radius 2 is 2.04 bits per heavy atom. The first-order valence-corrected chi connectivity index (χ1v) is 10.7. The van der Waals surface area contributed by atoms with Crippen molar-refractivity contribution >= 4 is 50.7 Å². The molecule has 0 amide bonds. The van der Waals surface area contributed by atoms with Crippen molar-refractivity contribution in [2.45, 2.75) is 11.4 Å². The molecule has 4 rings (SSSR count). The summed E-state index contributed by atoms with van der Waals surface area (Å²) in [5.41, 5.74) is 2.07. The summed E-state index contributed by atoms with van der Waals surface area (Å²) in [6, 6.07) is 8.55. The third-order valence-electron chi connectivity index (χ3n) is 4.51. The van der Waals surface area contributed by atoms with E-state index in [4.69, 9.17) is 11.6 Å². The molecule has 0 bridgehead atoms. The van der Waals surface area contributed by atoms with Crippen LogP contribution in [0.2, 0.25) is 5.15 Å². The number of rotatable bonds is 4. The number of pyridine rings is 1. The fraction of sp³-hybridized carbons (Fsp3) is 0.333.